The summed E-state index contributed by atoms with van der Waals surface area (Å²) in [5.41, 5.74) is 5.25. The van der Waals surface area contributed by atoms with E-state index in [1.807, 2.05) is 45.0 Å². The predicted octanol–water partition coefficient (Wildman–Crippen LogP) is 4.46. The smallest absolute Gasteiger partial charge is 0.0991 e. The third-order valence-corrected chi connectivity index (χ3v) is 2.98. The van der Waals surface area contributed by atoms with Crippen LogP contribution in [0.4, 0.5) is 5.69 Å². The molecule has 0 atom stereocenters. The summed E-state index contributed by atoms with van der Waals surface area (Å²) in [6.45, 7) is 15.7. The molecular weight excluding hydrogens is 244 g/mol. The monoisotopic (exact) mass is 266 g/mol. The Bertz CT molecular complexity index is 556. The highest BCUT2D eigenvalue weighted by Crippen LogP contribution is 2.27. The van der Waals surface area contributed by atoms with Gasteiger partial charge in [-0.15, -0.1) is 0 Å². The van der Waals surface area contributed by atoms with Gasteiger partial charge in [-0.25, -0.2) is 0 Å². The van der Waals surface area contributed by atoms with E-state index >= 15 is 0 Å². The van der Waals surface area contributed by atoms with Crippen LogP contribution < -0.4 is 4.90 Å². The highest BCUT2D eigenvalue weighted by molar-refractivity contribution is 5.58. The molecular formula is C18H22N2. The van der Waals surface area contributed by atoms with Gasteiger partial charge in [0, 0.05) is 18.8 Å². The second kappa shape index (κ2) is 7.35. The van der Waals surface area contributed by atoms with E-state index in [0.717, 1.165) is 29.9 Å². The molecule has 0 N–H and O–H groups in total. The summed E-state index contributed by atoms with van der Waals surface area (Å²) in [5.74, 6) is 0. The fourth-order valence-corrected chi connectivity index (χ4v) is 2.08. The normalized spacial score (nSPS) is 15.6. The number of anilines is 1. The average molecular weight is 266 g/mol. The Morgan fingerprint density at radius 2 is 1.85 bits per heavy atom. The first-order valence-corrected chi connectivity index (χ1v) is 6.89. The molecule has 1 aliphatic heterocycles. The third-order valence-electron chi connectivity index (χ3n) is 2.98. The molecule has 1 fully saturated rings. The van der Waals surface area contributed by atoms with Crippen molar-refractivity contribution in [2.45, 2.75) is 20.8 Å². The van der Waals surface area contributed by atoms with Crippen LogP contribution in [-0.4, -0.2) is 13.1 Å². The third kappa shape index (κ3) is 3.86. The maximum Gasteiger partial charge on any atom is 0.0991 e. The van der Waals surface area contributed by atoms with Gasteiger partial charge in [-0.2, -0.15) is 5.26 Å². The Balaban J connectivity index is 0.000000956. The molecule has 0 bridgehead atoms. The van der Waals surface area contributed by atoms with Crippen molar-refractivity contribution < 1.29 is 0 Å². The van der Waals surface area contributed by atoms with E-state index in [9.17, 15) is 0 Å². The number of nitrogens with zero attached hydrogens (tertiary/aromatic N) is 2. The van der Waals surface area contributed by atoms with Gasteiger partial charge in [-0.3, -0.25) is 0 Å². The molecule has 1 heterocycles. The first kappa shape index (κ1) is 15.8. The van der Waals surface area contributed by atoms with Crippen LogP contribution in [0.2, 0.25) is 0 Å². The summed E-state index contributed by atoms with van der Waals surface area (Å²) in [6.07, 6.45) is 2.09. The van der Waals surface area contributed by atoms with Gasteiger partial charge >= 0.3 is 0 Å². The van der Waals surface area contributed by atoms with Crippen LogP contribution in [-0.2, 0) is 0 Å². The molecule has 0 aliphatic carbocycles. The Kier molecular flexibility index (Phi) is 5.80. The van der Waals surface area contributed by atoms with Crippen LogP contribution in [0.25, 0.3) is 0 Å². The van der Waals surface area contributed by atoms with Crippen molar-refractivity contribution in [2.24, 2.45) is 0 Å². The van der Waals surface area contributed by atoms with Crippen molar-refractivity contribution >= 4 is 5.69 Å². The van der Waals surface area contributed by atoms with E-state index in [4.69, 9.17) is 5.26 Å². The molecule has 104 valence electrons. The lowest BCUT2D eigenvalue weighted by atomic mass is 10.1. The van der Waals surface area contributed by atoms with Crippen molar-refractivity contribution in [2.75, 3.05) is 18.0 Å². The summed E-state index contributed by atoms with van der Waals surface area (Å²) < 4.78 is 0. The lowest BCUT2D eigenvalue weighted by Gasteiger charge is -2.16. The topological polar surface area (TPSA) is 27.0 Å². The molecule has 0 amide bonds. The van der Waals surface area contributed by atoms with Crippen molar-refractivity contribution in [1.29, 1.82) is 5.26 Å². The van der Waals surface area contributed by atoms with Gasteiger partial charge in [0.1, 0.15) is 0 Å². The lowest BCUT2D eigenvalue weighted by Crippen LogP contribution is -2.17. The number of nitriles is 1. The van der Waals surface area contributed by atoms with E-state index in [1.54, 1.807) is 0 Å². The average Bonchev–Trinajstić information content (AvgIpc) is 2.82. The van der Waals surface area contributed by atoms with Crippen molar-refractivity contribution in [1.82, 2.24) is 0 Å². The first-order chi connectivity index (χ1) is 9.60. The van der Waals surface area contributed by atoms with Crippen molar-refractivity contribution in [3.63, 3.8) is 0 Å². The Morgan fingerprint density at radius 3 is 2.35 bits per heavy atom. The maximum absolute atomic E-state index is 8.78. The van der Waals surface area contributed by atoms with Crippen LogP contribution in [0.3, 0.4) is 0 Å². The van der Waals surface area contributed by atoms with Crippen LogP contribution in [0.1, 0.15) is 26.3 Å². The second-order valence-electron chi connectivity index (χ2n) is 4.63. The van der Waals surface area contributed by atoms with Gasteiger partial charge < -0.3 is 4.90 Å². The van der Waals surface area contributed by atoms with Crippen LogP contribution in [0.15, 0.2) is 60.2 Å². The zero-order valence-corrected chi connectivity index (χ0v) is 12.6. The van der Waals surface area contributed by atoms with Gasteiger partial charge in [0.05, 0.1) is 11.6 Å². The Labute approximate surface area is 122 Å². The molecule has 2 nitrogen and oxygen atoms in total. The quantitative estimate of drug-likeness (QED) is 0.790. The highest BCUT2D eigenvalue weighted by Gasteiger charge is 2.20. The molecule has 2 rings (SSSR count). The number of hydrogen-bond donors (Lipinski definition) is 0. The molecule has 1 aromatic carbocycles. The van der Waals surface area contributed by atoms with Crippen LogP contribution in [0.5, 0.6) is 0 Å². The zero-order valence-electron chi connectivity index (χ0n) is 12.6. The molecule has 2 heteroatoms. The lowest BCUT2D eigenvalue weighted by molar-refractivity contribution is 1.01. The number of benzene rings is 1. The molecule has 0 spiro atoms. The number of allylic oxidation sites excluding steroid dienone is 2. The Morgan fingerprint density at radius 1 is 1.25 bits per heavy atom. The van der Waals surface area contributed by atoms with E-state index in [-0.39, 0.29) is 0 Å². The molecule has 0 aromatic heterocycles. The van der Waals surface area contributed by atoms with Crippen LogP contribution in [0, 0.1) is 11.3 Å². The highest BCUT2D eigenvalue weighted by atomic mass is 15.1. The fourth-order valence-electron chi connectivity index (χ4n) is 2.08. The predicted molar refractivity (Wildman–Crippen MR) is 86.8 cm³/mol. The first-order valence-electron chi connectivity index (χ1n) is 6.89. The summed E-state index contributed by atoms with van der Waals surface area (Å²) in [5, 5.41) is 8.78. The minimum Gasteiger partial charge on any atom is -0.363 e. The van der Waals surface area contributed by atoms with E-state index in [0.29, 0.717) is 5.56 Å². The summed E-state index contributed by atoms with van der Waals surface area (Å²) in [6, 6.07) is 9.78. The summed E-state index contributed by atoms with van der Waals surface area (Å²) >= 11 is 0. The minimum atomic E-state index is 0.689. The second-order valence-corrected chi connectivity index (χ2v) is 4.63. The number of hydrogen-bond acceptors (Lipinski definition) is 2. The minimum absolute atomic E-state index is 0.689. The molecule has 1 aromatic rings. The summed E-state index contributed by atoms with van der Waals surface area (Å²) in [4.78, 5) is 2.25. The largest absolute Gasteiger partial charge is 0.363 e. The van der Waals surface area contributed by atoms with Crippen LogP contribution >= 0.6 is 0 Å². The molecule has 1 saturated heterocycles. The van der Waals surface area contributed by atoms with Crippen molar-refractivity contribution in [3.8, 4) is 6.07 Å². The van der Waals surface area contributed by atoms with Gasteiger partial charge in [-0.1, -0.05) is 38.7 Å². The molecule has 0 radical (unpaired) electrons. The fraction of sp³-hybridized carbons (Fsp3) is 0.278. The van der Waals surface area contributed by atoms with E-state index in [2.05, 4.69) is 30.2 Å². The van der Waals surface area contributed by atoms with Gasteiger partial charge in [0.15, 0.2) is 0 Å². The van der Waals surface area contributed by atoms with Crippen molar-refractivity contribution in [3.05, 3.63) is 65.8 Å². The number of rotatable bonds is 2. The standard InChI is InChI=1S/C16H16N2.C2H6/c1-12(2)8-15-11-18(10-13(15)3)16-6-4-14(9-17)5-7-16;1-2/h4-8H,1,3,10-11H2,2H3;1-2H3/b15-8-;. The van der Waals surface area contributed by atoms with Gasteiger partial charge in [0.2, 0.25) is 0 Å². The zero-order chi connectivity index (χ0) is 15.1. The molecule has 0 saturated carbocycles. The maximum atomic E-state index is 8.78. The van der Waals surface area contributed by atoms with Gasteiger partial charge in [0.25, 0.3) is 0 Å². The summed E-state index contributed by atoms with van der Waals surface area (Å²) in [7, 11) is 0. The molecule has 20 heavy (non-hydrogen) atoms. The van der Waals surface area contributed by atoms with Gasteiger partial charge in [-0.05, 0) is 42.3 Å². The molecule has 1 aliphatic rings. The van der Waals surface area contributed by atoms with E-state index < -0.39 is 0 Å². The SMILES string of the molecule is C=C(C)/C=C1/CN(c2ccc(C#N)cc2)CC1=C.CC. The van der Waals surface area contributed by atoms with E-state index in [1.165, 1.54) is 5.57 Å². The molecule has 0 unspecified atom stereocenters. The Hall–Kier alpha value is -2.27.